The van der Waals surface area contributed by atoms with E-state index >= 15 is 0 Å². The van der Waals surface area contributed by atoms with Crippen LogP contribution in [0.3, 0.4) is 0 Å². The van der Waals surface area contributed by atoms with E-state index in [1.807, 2.05) is 13.8 Å². The first-order valence-electron chi connectivity index (χ1n) is 5.72. The Kier molecular flexibility index (Phi) is 5.05. The van der Waals surface area contributed by atoms with Crippen molar-refractivity contribution in [2.45, 2.75) is 32.7 Å². The predicted molar refractivity (Wildman–Crippen MR) is 59.4 cm³/mol. The molecular formula is C11H22N2O2. The highest BCUT2D eigenvalue weighted by Crippen LogP contribution is 2.12. The molecule has 1 heterocycles. The fourth-order valence-corrected chi connectivity index (χ4v) is 1.63. The number of ether oxygens (including phenoxy) is 1. The summed E-state index contributed by atoms with van der Waals surface area (Å²) in [6.07, 6.45) is 2.23. The molecule has 1 fully saturated rings. The highest BCUT2D eigenvalue weighted by atomic mass is 16.5. The number of hydrogen-bond acceptors (Lipinski definition) is 3. The molecule has 4 heteroatoms. The van der Waals surface area contributed by atoms with Gasteiger partial charge in [0.05, 0.1) is 12.6 Å². The van der Waals surface area contributed by atoms with Crippen LogP contribution in [0.1, 0.15) is 26.7 Å². The summed E-state index contributed by atoms with van der Waals surface area (Å²) in [5, 5.41) is 2.89. The van der Waals surface area contributed by atoms with E-state index in [9.17, 15) is 4.79 Å². The summed E-state index contributed by atoms with van der Waals surface area (Å²) in [6.45, 7) is 6.22. The maximum absolute atomic E-state index is 11.6. The van der Waals surface area contributed by atoms with Gasteiger partial charge in [0.25, 0.3) is 0 Å². The minimum absolute atomic E-state index is 0.0458. The SMILES string of the molecule is CC(C)[C@H](N)C(=O)NCC1CCCOC1. The molecule has 0 radical (unpaired) electrons. The van der Waals surface area contributed by atoms with Gasteiger partial charge in [0.1, 0.15) is 0 Å². The second-order valence-electron chi connectivity index (χ2n) is 4.60. The fourth-order valence-electron chi connectivity index (χ4n) is 1.63. The fraction of sp³-hybridized carbons (Fsp3) is 0.909. The molecule has 4 nitrogen and oxygen atoms in total. The Labute approximate surface area is 91.5 Å². The molecule has 0 bridgehead atoms. The van der Waals surface area contributed by atoms with Gasteiger partial charge in [-0.15, -0.1) is 0 Å². The monoisotopic (exact) mass is 214 g/mol. The normalized spacial score (nSPS) is 23.9. The summed E-state index contributed by atoms with van der Waals surface area (Å²) in [5.41, 5.74) is 5.73. The van der Waals surface area contributed by atoms with Crippen LogP contribution < -0.4 is 11.1 Å². The third kappa shape index (κ3) is 4.18. The van der Waals surface area contributed by atoms with E-state index in [2.05, 4.69) is 5.32 Å². The first-order chi connectivity index (χ1) is 7.11. The number of carbonyl (C=O) groups is 1. The van der Waals surface area contributed by atoms with Crippen molar-refractivity contribution in [2.75, 3.05) is 19.8 Å². The zero-order chi connectivity index (χ0) is 11.3. The molecule has 1 amide bonds. The Morgan fingerprint density at radius 1 is 1.60 bits per heavy atom. The molecule has 88 valence electrons. The summed E-state index contributed by atoms with van der Waals surface area (Å²) in [7, 11) is 0. The number of carbonyl (C=O) groups excluding carboxylic acids is 1. The lowest BCUT2D eigenvalue weighted by Gasteiger charge is -2.23. The van der Waals surface area contributed by atoms with E-state index in [0.717, 1.165) is 26.1 Å². The van der Waals surface area contributed by atoms with E-state index in [0.29, 0.717) is 12.5 Å². The number of nitrogens with one attached hydrogen (secondary N) is 1. The first-order valence-corrected chi connectivity index (χ1v) is 5.72. The Balaban J connectivity index is 2.20. The third-order valence-corrected chi connectivity index (χ3v) is 2.84. The van der Waals surface area contributed by atoms with E-state index in [1.54, 1.807) is 0 Å². The Morgan fingerprint density at radius 3 is 2.87 bits per heavy atom. The molecule has 0 aromatic heterocycles. The molecule has 0 aromatic rings. The molecular weight excluding hydrogens is 192 g/mol. The van der Waals surface area contributed by atoms with E-state index < -0.39 is 6.04 Å². The smallest absolute Gasteiger partial charge is 0.237 e. The Bertz CT molecular complexity index is 201. The minimum atomic E-state index is -0.394. The molecule has 1 unspecified atom stereocenters. The van der Waals surface area contributed by atoms with Crippen LogP contribution in [0.4, 0.5) is 0 Å². The first kappa shape index (κ1) is 12.5. The maximum atomic E-state index is 11.6. The van der Waals surface area contributed by atoms with Crippen LogP contribution in [0, 0.1) is 11.8 Å². The van der Waals surface area contributed by atoms with Crippen molar-refractivity contribution in [1.29, 1.82) is 0 Å². The zero-order valence-electron chi connectivity index (χ0n) is 9.66. The number of rotatable bonds is 4. The molecule has 15 heavy (non-hydrogen) atoms. The van der Waals surface area contributed by atoms with Crippen LogP contribution in [-0.2, 0) is 9.53 Å². The van der Waals surface area contributed by atoms with Gasteiger partial charge < -0.3 is 15.8 Å². The van der Waals surface area contributed by atoms with Gasteiger partial charge in [0, 0.05) is 13.2 Å². The highest BCUT2D eigenvalue weighted by Gasteiger charge is 2.19. The van der Waals surface area contributed by atoms with Gasteiger partial charge in [0.15, 0.2) is 0 Å². The van der Waals surface area contributed by atoms with Crippen LogP contribution in [0.2, 0.25) is 0 Å². The lowest BCUT2D eigenvalue weighted by atomic mass is 10.0. The minimum Gasteiger partial charge on any atom is -0.381 e. The van der Waals surface area contributed by atoms with Crippen LogP contribution in [0.15, 0.2) is 0 Å². The summed E-state index contributed by atoms with van der Waals surface area (Å²) in [4.78, 5) is 11.6. The molecule has 3 N–H and O–H groups in total. The van der Waals surface area contributed by atoms with Crippen molar-refractivity contribution >= 4 is 5.91 Å². The summed E-state index contributed by atoms with van der Waals surface area (Å²) in [6, 6.07) is -0.394. The summed E-state index contributed by atoms with van der Waals surface area (Å²) >= 11 is 0. The number of nitrogens with two attached hydrogens (primary N) is 1. The average Bonchev–Trinajstić information content (AvgIpc) is 2.26. The lowest BCUT2D eigenvalue weighted by Crippen LogP contribution is -2.46. The van der Waals surface area contributed by atoms with Crippen molar-refractivity contribution in [3.05, 3.63) is 0 Å². The molecule has 1 aliphatic rings. The second kappa shape index (κ2) is 6.08. The van der Waals surface area contributed by atoms with Gasteiger partial charge in [-0.1, -0.05) is 13.8 Å². The third-order valence-electron chi connectivity index (χ3n) is 2.84. The van der Waals surface area contributed by atoms with Gasteiger partial charge in [0.2, 0.25) is 5.91 Å². The van der Waals surface area contributed by atoms with E-state index in [4.69, 9.17) is 10.5 Å². The number of amides is 1. The lowest BCUT2D eigenvalue weighted by molar-refractivity contribution is -0.123. The van der Waals surface area contributed by atoms with Gasteiger partial charge in [-0.3, -0.25) is 4.79 Å². The van der Waals surface area contributed by atoms with Crippen molar-refractivity contribution in [3.8, 4) is 0 Å². The van der Waals surface area contributed by atoms with Crippen LogP contribution in [-0.4, -0.2) is 31.7 Å². The van der Waals surface area contributed by atoms with Gasteiger partial charge in [-0.25, -0.2) is 0 Å². The standard InChI is InChI=1S/C11H22N2O2/c1-8(2)10(12)11(14)13-6-9-4-3-5-15-7-9/h8-10H,3-7,12H2,1-2H3,(H,13,14)/t9?,10-/m0/s1. The molecule has 2 atom stereocenters. The van der Waals surface area contributed by atoms with Gasteiger partial charge >= 0.3 is 0 Å². The Morgan fingerprint density at radius 2 is 2.33 bits per heavy atom. The van der Waals surface area contributed by atoms with Crippen molar-refractivity contribution in [3.63, 3.8) is 0 Å². The van der Waals surface area contributed by atoms with Crippen LogP contribution in [0.5, 0.6) is 0 Å². The van der Waals surface area contributed by atoms with Gasteiger partial charge in [-0.05, 0) is 24.7 Å². The molecule has 0 aromatic carbocycles. The molecule has 1 rings (SSSR count). The van der Waals surface area contributed by atoms with Gasteiger partial charge in [-0.2, -0.15) is 0 Å². The predicted octanol–water partition coefficient (Wildman–Crippen LogP) is 0.513. The second-order valence-corrected chi connectivity index (χ2v) is 4.60. The maximum Gasteiger partial charge on any atom is 0.237 e. The van der Waals surface area contributed by atoms with Crippen molar-refractivity contribution in [2.24, 2.45) is 17.6 Å². The number of hydrogen-bond donors (Lipinski definition) is 2. The molecule has 1 saturated heterocycles. The quantitative estimate of drug-likeness (QED) is 0.717. The molecule has 0 aliphatic carbocycles. The van der Waals surface area contributed by atoms with Crippen molar-refractivity contribution < 1.29 is 9.53 Å². The van der Waals surface area contributed by atoms with Crippen LogP contribution in [0.25, 0.3) is 0 Å². The largest absolute Gasteiger partial charge is 0.381 e. The van der Waals surface area contributed by atoms with E-state index in [-0.39, 0.29) is 11.8 Å². The summed E-state index contributed by atoms with van der Waals surface area (Å²) < 4.78 is 5.34. The molecule has 0 spiro atoms. The average molecular weight is 214 g/mol. The van der Waals surface area contributed by atoms with E-state index in [1.165, 1.54) is 0 Å². The topological polar surface area (TPSA) is 64.4 Å². The Hall–Kier alpha value is -0.610. The van der Waals surface area contributed by atoms with Crippen molar-refractivity contribution in [1.82, 2.24) is 5.32 Å². The summed E-state index contributed by atoms with van der Waals surface area (Å²) in [5.74, 6) is 0.602. The molecule has 0 saturated carbocycles. The zero-order valence-corrected chi connectivity index (χ0v) is 9.66. The molecule has 1 aliphatic heterocycles. The highest BCUT2D eigenvalue weighted by molar-refractivity contribution is 5.81. The van der Waals surface area contributed by atoms with Crippen LogP contribution >= 0.6 is 0 Å².